The zero-order chi connectivity index (χ0) is 22.1. The number of para-hydroxylation sites is 1. The quantitative estimate of drug-likeness (QED) is 0.494. The average molecular weight is 449 g/mol. The van der Waals surface area contributed by atoms with Gasteiger partial charge in [-0.3, -0.25) is 9.36 Å². The van der Waals surface area contributed by atoms with Crippen LogP contribution in [0.25, 0.3) is 17.2 Å². The van der Waals surface area contributed by atoms with Gasteiger partial charge in [0, 0.05) is 23.7 Å². The van der Waals surface area contributed by atoms with E-state index in [2.05, 4.69) is 25.5 Å². The van der Waals surface area contributed by atoms with Crippen LogP contribution in [-0.2, 0) is 0 Å². The standard InChI is InChI=1S/C23H18ClFN6O/c24-18-6-1-2-7-20(18)31-21(29-30-22(31)19-8-9-26-13-27-19)15-11-17(12-15)28-23(32)14-4-3-5-16(25)10-14/h1-10,13,15,17H,11-12H2,(H,28,32)/t15-,17-. The third-order valence-corrected chi connectivity index (χ3v) is 5.84. The van der Waals surface area contributed by atoms with Gasteiger partial charge in [-0.2, -0.15) is 0 Å². The van der Waals surface area contributed by atoms with Gasteiger partial charge in [0.05, 0.1) is 10.7 Å². The summed E-state index contributed by atoms with van der Waals surface area (Å²) in [5.41, 5.74) is 1.70. The number of carbonyl (C=O) groups is 1. The fourth-order valence-electron chi connectivity index (χ4n) is 3.87. The van der Waals surface area contributed by atoms with Crippen LogP contribution in [-0.4, -0.2) is 36.7 Å². The van der Waals surface area contributed by atoms with Gasteiger partial charge in [0.1, 0.15) is 23.7 Å². The van der Waals surface area contributed by atoms with Crippen molar-refractivity contribution in [1.82, 2.24) is 30.0 Å². The predicted octanol–water partition coefficient (Wildman–Crippen LogP) is 4.19. The predicted molar refractivity (Wildman–Crippen MR) is 117 cm³/mol. The van der Waals surface area contributed by atoms with Crippen LogP contribution in [0.1, 0.15) is 34.9 Å². The molecule has 2 aromatic carbocycles. The van der Waals surface area contributed by atoms with Gasteiger partial charge >= 0.3 is 0 Å². The molecule has 1 saturated carbocycles. The molecule has 0 radical (unpaired) electrons. The lowest BCUT2D eigenvalue weighted by Gasteiger charge is -2.35. The molecule has 0 atom stereocenters. The van der Waals surface area contributed by atoms with Gasteiger partial charge in [-0.05, 0) is 49.2 Å². The van der Waals surface area contributed by atoms with Crippen molar-refractivity contribution < 1.29 is 9.18 Å². The van der Waals surface area contributed by atoms with Crippen molar-refractivity contribution in [3.8, 4) is 17.2 Å². The van der Waals surface area contributed by atoms with Crippen LogP contribution >= 0.6 is 11.6 Å². The molecule has 9 heteroatoms. The van der Waals surface area contributed by atoms with Crippen molar-refractivity contribution in [1.29, 1.82) is 0 Å². The van der Waals surface area contributed by atoms with E-state index in [9.17, 15) is 9.18 Å². The third kappa shape index (κ3) is 3.85. The van der Waals surface area contributed by atoms with Gasteiger partial charge in [-0.1, -0.05) is 29.8 Å². The third-order valence-electron chi connectivity index (χ3n) is 5.52. The molecule has 2 heterocycles. The second-order valence-electron chi connectivity index (χ2n) is 7.61. The zero-order valence-corrected chi connectivity index (χ0v) is 17.6. The highest BCUT2D eigenvalue weighted by molar-refractivity contribution is 6.32. The number of rotatable bonds is 5. The Morgan fingerprint density at radius 1 is 1.09 bits per heavy atom. The molecule has 1 aliphatic rings. The molecule has 4 aromatic rings. The zero-order valence-electron chi connectivity index (χ0n) is 16.8. The van der Waals surface area contributed by atoms with Gasteiger partial charge in [0.2, 0.25) is 0 Å². The first-order chi connectivity index (χ1) is 15.6. The van der Waals surface area contributed by atoms with Crippen molar-refractivity contribution in [2.75, 3.05) is 0 Å². The van der Waals surface area contributed by atoms with Crippen molar-refractivity contribution in [3.63, 3.8) is 0 Å². The Bertz CT molecular complexity index is 1270. The number of carbonyl (C=O) groups excluding carboxylic acids is 1. The van der Waals surface area contributed by atoms with Crippen LogP contribution in [0.5, 0.6) is 0 Å². The molecule has 2 aromatic heterocycles. The van der Waals surface area contributed by atoms with Crippen molar-refractivity contribution in [3.05, 3.63) is 89.3 Å². The summed E-state index contributed by atoms with van der Waals surface area (Å²) >= 11 is 6.49. The number of amides is 1. The summed E-state index contributed by atoms with van der Waals surface area (Å²) in [6.07, 6.45) is 4.48. The largest absolute Gasteiger partial charge is 0.349 e. The Labute approximate surface area is 188 Å². The second kappa shape index (κ2) is 8.47. The molecule has 0 spiro atoms. The van der Waals surface area contributed by atoms with Crippen LogP contribution < -0.4 is 5.32 Å². The molecule has 0 unspecified atom stereocenters. The number of benzene rings is 2. The fourth-order valence-corrected chi connectivity index (χ4v) is 4.09. The minimum Gasteiger partial charge on any atom is -0.349 e. The molecule has 0 bridgehead atoms. The molecule has 1 N–H and O–H groups in total. The lowest BCUT2D eigenvalue weighted by atomic mass is 9.79. The van der Waals surface area contributed by atoms with Gasteiger partial charge in [0.15, 0.2) is 5.82 Å². The highest BCUT2D eigenvalue weighted by Crippen LogP contribution is 2.39. The number of halogens is 2. The lowest BCUT2D eigenvalue weighted by molar-refractivity contribution is 0.0906. The lowest BCUT2D eigenvalue weighted by Crippen LogP contribution is -2.44. The molecule has 5 rings (SSSR count). The molecule has 1 fully saturated rings. The molecule has 32 heavy (non-hydrogen) atoms. The normalized spacial score (nSPS) is 17.6. The molecular formula is C23H18ClFN6O. The monoisotopic (exact) mass is 448 g/mol. The summed E-state index contributed by atoms with van der Waals surface area (Å²) in [5.74, 6) is 0.675. The van der Waals surface area contributed by atoms with E-state index < -0.39 is 5.82 Å². The first-order valence-electron chi connectivity index (χ1n) is 10.1. The first-order valence-corrected chi connectivity index (χ1v) is 10.5. The maximum absolute atomic E-state index is 13.4. The topological polar surface area (TPSA) is 85.6 Å². The molecule has 160 valence electrons. The summed E-state index contributed by atoms with van der Waals surface area (Å²) < 4.78 is 15.3. The second-order valence-corrected chi connectivity index (χ2v) is 8.02. The molecule has 7 nitrogen and oxygen atoms in total. The van der Waals surface area contributed by atoms with Crippen molar-refractivity contribution in [2.24, 2.45) is 0 Å². The number of nitrogens with one attached hydrogen (secondary N) is 1. The van der Waals surface area contributed by atoms with Crippen LogP contribution in [0.15, 0.2) is 67.1 Å². The molecule has 0 saturated heterocycles. The smallest absolute Gasteiger partial charge is 0.251 e. The van der Waals surface area contributed by atoms with Gasteiger partial charge in [-0.15, -0.1) is 10.2 Å². The summed E-state index contributed by atoms with van der Waals surface area (Å²) in [6.45, 7) is 0. The van der Waals surface area contributed by atoms with E-state index in [0.29, 0.717) is 34.9 Å². The van der Waals surface area contributed by atoms with Gasteiger partial charge < -0.3 is 5.32 Å². The maximum Gasteiger partial charge on any atom is 0.251 e. The number of hydrogen-bond acceptors (Lipinski definition) is 5. The number of aromatic nitrogens is 5. The van der Waals surface area contributed by atoms with E-state index in [0.717, 1.165) is 11.5 Å². The fraction of sp³-hybridized carbons (Fsp3) is 0.174. The van der Waals surface area contributed by atoms with Crippen LogP contribution in [0.2, 0.25) is 5.02 Å². The average Bonchev–Trinajstić information content (AvgIpc) is 3.21. The van der Waals surface area contributed by atoms with Crippen molar-refractivity contribution >= 4 is 17.5 Å². The van der Waals surface area contributed by atoms with E-state index in [4.69, 9.17) is 11.6 Å². The maximum atomic E-state index is 13.4. The van der Waals surface area contributed by atoms with Crippen molar-refractivity contribution in [2.45, 2.75) is 24.8 Å². The number of nitrogens with zero attached hydrogens (tertiary/aromatic N) is 5. The highest BCUT2D eigenvalue weighted by atomic mass is 35.5. The minimum atomic E-state index is -0.436. The van der Waals surface area contributed by atoms with Gasteiger partial charge in [0.25, 0.3) is 5.91 Å². The van der Waals surface area contributed by atoms with Crippen LogP contribution in [0.3, 0.4) is 0 Å². The van der Waals surface area contributed by atoms with Gasteiger partial charge in [-0.25, -0.2) is 14.4 Å². The molecular weight excluding hydrogens is 431 g/mol. The molecule has 0 aliphatic heterocycles. The first kappa shape index (κ1) is 20.3. The van der Waals surface area contributed by atoms with Crippen LogP contribution in [0, 0.1) is 5.82 Å². The van der Waals surface area contributed by atoms with E-state index in [-0.39, 0.29) is 17.9 Å². The Balaban J connectivity index is 1.40. The summed E-state index contributed by atoms with van der Waals surface area (Å²) in [5, 5.41) is 12.4. The Morgan fingerprint density at radius 2 is 1.94 bits per heavy atom. The summed E-state index contributed by atoms with van der Waals surface area (Å²) in [7, 11) is 0. The SMILES string of the molecule is O=C(N[C@H]1C[C@H](c2nnc(-c3ccncn3)n2-c2ccccc2Cl)C1)c1cccc(F)c1. The molecule has 1 amide bonds. The highest BCUT2D eigenvalue weighted by Gasteiger charge is 2.36. The van der Waals surface area contributed by atoms with E-state index in [1.54, 1.807) is 18.3 Å². The summed E-state index contributed by atoms with van der Waals surface area (Å²) in [4.78, 5) is 20.7. The van der Waals surface area contributed by atoms with E-state index in [1.165, 1.54) is 24.5 Å². The molecule has 1 aliphatic carbocycles. The Hall–Kier alpha value is -3.65. The Kier molecular flexibility index (Phi) is 5.36. The van der Waals surface area contributed by atoms with Crippen LogP contribution in [0.4, 0.5) is 4.39 Å². The Morgan fingerprint density at radius 3 is 2.69 bits per heavy atom. The van der Waals surface area contributed by atoms with E-state index in [1.807, 2.05) is 28.8 Å². The summed E-state index contributed by atoms with van der Waals surface area (Å²) in [6, 6.07) is 14.9. The van der Waals surface area contributed by atoms with E-state index >= 15 is 0 Å². The number of hydrogen-bond donors (Lipinski definition) is 1. The minimum absolute atomic E-state index is 0.0327.